The van der Waals surface area contributed by atoms with Gasteiger partial charge in [0.2, 0.25) is 0 Å². The Kier molecular flexibility index (Phi) is 125. The SMILES string of the molecule is CCCCCCCC/C=C/CCCCCCCCN.CCCCCCCCCCCCCCCCN.CCCCCCCCCCCCCCN.CCCCCCCCCCCCN.CCCCCCCCCCN.CCCCCCCCN.CCCCN.NCCC(F)(F)CC(F)(F)CC(F)(F)CC(F)(F)F. The minimum absolute atomic E-state index is 0.651. The molecule has 0 aromatic rings. The van der Waals surface area contributed by atoms with Crippen LogP contribution in [0.4, 0.5) is 39.5 Å². The summed E-state index contributed by atoms with van der Waals surface area (Å²) in [4.78, 5) is 0. The highest BCUT2D eigenvalue weighted by atomic mass is 19.4. The Morgan fingerprint density at radius 1 is 0.167 bits per heavy atom. The van der Waals surface area contributed by atoms with Gasteiger partial charge in [0.25, 0.3) is 17.8 Å². The van der Waals surface area contributed by atoms with Gasteiger partial charge in [-0.2, -0.15) is 13.2 Å². The van der Waals surface area contributed by atoms with Crippen molar-refractivity contribution in [1.82, 2.24) is 0 Å². The molecule has 0 rings (SSSR count). The molecule has 0 aliphatic rings. The average Bonchev–Trinajstić information content (AvgIpc) is 0.831. The van der Waals surface area contributed by atoms with Crippen LogP contribution in [0.1, 0.15) is 498 Å². The van der Waals surface area contributed by atoms with Gasteiger partial charge in [-0.15, -0.1) is 0 Å². The summed E-state index contributed by atoms with van der Waals surface area (Å²) in [6, 6.07) is 0. The molecule has 0 saturated carbocycles. The number of hydrogen-bond acceptors (Lipinski definition) is 8. The molecule has 0 saturated heterocycles. The zero-order chi connectivity index (χ0) is 82.6. The second-order valence-corrected chi connectivity index (χ2v) is 31.0. The smallest absolute Gasteiger partial charge is 0.330 e. The number of allylic oxidation sites excluding steroid dienone is 2. The molecule has 17 heteroatoms. The highest BCUT2D eigenvalue weighted by molar-refractivity contribution is 4.85. The fourth-order valence-corrected chi connectivity index (χ4v) is 12.2. The van der Waals surface area contributed by atoms with Crippen LogP contribution in [-0.2, 0) is 0 Å². The van der Waals surface area contributed by atoms with Gasteiger partial charge >= 0.3 is 6.18 Å². The fraction of sp³-hybridized carbons (Fsp3) is 0.978. The van der Waals surface area contributed by atoms with Crippen LogP contribution in [-0.4, -0.2) is 76.3 Å². The van der Waals surface area contributed by atoms with Crippen LogP contribution in [0.25, 0.3) is 0 Å². The first-order valence-electron chi connectivity index (χ1n) is 46.5. The number of halogens is 9. The molecule has 0 aromatic heterocycles. The summed E-state index contributed by atoms with van der Waals surface area (Å²) in [5.74, 6) is -13.4. The molecule has 0 amide bonds. The van der Waals surface area contributed by atoms with E-state index in [4.69, 9.17) is 45.9 Å². The highest BCUT2D eigenvalue weighted by Gasteiger charge is 2.53. The number of rotatable bonds is 74. The van der Waals surface area contributed by atoms with Crippen LogP contribution in [0, 0.1) is 0 Å². The third-order valence-corrected chi connectivity index (χ3v) is 19.1. The molecule has 0 atom stereocenters. The molecule has 662 valence electrons. The molecule has 0 aliphatic heterocycles. The van der Waals surface area contributed by atoms with E-state index in [1.165, 1.54) is 424 Å². The lowest BCUT2D eigenvalue weighted by Crippen LogP contribution is -2.38. The van der Waals surface area contributed by atoms with Crippen LogP contribution in [0.5, 0.6) is 0 Å². The second-order valence-electron chi connectivity index (χ2n) is 31.0. The van der Waals surface area contributed by atoms with Crippen LogP contribution in [0.15, 0.2) is 12.2 Å². The minimum atomic E-state index is -5.36. The molecule has 108 heavy (non-hydrogen) atoms. The first-order valence-corrected chi connectivity index (χ1v) is 46.5. The fourth-order valence-electron chi connectivity index (χ4n) is 12.2. The van der Waals surface area contributed by atoms with Gasteiger partial charge in [0, 0.05) is 6.42 Å². The Hall–Kier alpha value is -1.21. The van der Waals surface area contributed by atoms with Gasteiger partial charge in [0.05, 0.1) is 12.8 Å². The third kappa shape index (κ3) is 143. The Labute approximate surface area is 668 Å². The van der Waals surface area contributed by atoms with Crippen molar-refractivity contribution in [3.63, 3.8) is 0 Å². The minimum Gasteiger partial charge on any atom is -0.330 e. The van der Waals surface area contributed by atoms with Gasteiger partial charge in [-0.05, 0) is 123 Å². The van der Waals surface area contributed by atoms with Crippen molar-refractivity contribution in [2.75, 3.05) is 52.4 Å². The molecule has 0 bridgehead atoms. The van der Waals surface area contributed by atoms with E-state index < -0.39 is 56.2 Å². The Morgan fingerprint density at radius 2 is 0.315 bits per heavy atom. The van der Waals surface area contributed by atoms with Crippen LogP contribution < -0.4 is 45.9 Å². The van der Waals surface area contributed by atoms with Crippen molar-refractivity contribution >= 4 is 0 Å². The van der Waals surface area contributed by atoms with E-state index in [1.54, 1.807) is 0 Å². The van der Waals surface area contributed by atoms with Gasteiger partial charge in [0.1, 0.15) is 6.42 Å². The van der Waals surface area contributed by atoms with Gasteiger partial charge in [-0.1, -0.05) is 414 Å². The lowest BCUT2D eigenvalue weighted by atomic mass is 9.99. The summed E-state index contributed by atoms with van der Waals surface area (Å²) in [6.07, 6.45) is 81.9. The summed E-state index contributed by atoms with van der Waals surface area (Å²) >= 11 is 0. The largest absolute Gasteiger partial charge is 0.394 e. The molecule has 8 nitrogen and oxygen atoms in total. The van der Waals surface area contributed by atoms with E-state index >= 15 is 0 Å². The van der Waals surface area contributed by atoms with Crippen molar-refractivity contribution < 1.29 is 39.5 Å². The molecule has 0 spiro atoms. The van der Waals surface area contributed by atoms with E-state index in [9.17, 15) is 39.5 Å². The zero-order valence-corrected chi connectivity index (χ0v) is 73.3. The quantitative estimate of drug-likeness (QED) is 0.0167. The monoisotopic (exact) mass is 1570 g/mol. The normalized spacial score (nSPS) is 11.4. The number of hydrogen-bond donors (Lipinski definition) is 8. The predicted octanol–water partition coefficient (Wildman–Crippen LogP) is 30.0. The Balaban J connectivity index is -0.000000180. The van der Waals surface area contributed by atoms with Crippen molar-refractivity contribution in [2.24, 2.45) is 45.9 Å². The maximum atomic E-state index is 12.9. The Morgan fingerprint density at radius 3 is 0.463 bits per heavy atom. The van der Waals surface area contributed by atoms with E-state index in [1.807, 2.05) is 0 Å². The maximum Gasteiger partial charge on any atom is 0.394 e. The number of unbranched alkanes of at least 4 members (excludes halogenated alkanes) is 58. The van der Waals surface area contributed by atoms with Gasteiger partial charge in [-0.3, -0.25) is 0 Å². The van der Waals surface area contributed by atoms with Crippen LogP contribution in [0.3, 0.4) is 0 Å². The zero-order valence-electron chi connectivity index (χ0n) is 73.3. The molecular weight excluding hydrogens is 1380 g/mol. The third-order valence-electron chi connectivity index (χ3n) is 19.1. The lowest BCUT2D eigenvalue weighted by molar-refractivity contribution is -0.213. The second kappa shape index (κ2) is 110. The van der Waals surface area contributed by atoms with Crippen molar-refractivity contribution in [2.45, 2.75) is 522 Å². The summed E-state index contributed by atoms with van der Waals surface area (Å²) in [5.41, 5.74) is 42.4. The molecule has 0 aliphatic carbocycles. The summed E-state index contributed by atoms with van der Waals surface area (Å²) in [5, 5.41) is 0. The summed E-state index contributed by atoms with van der Waals surface area (Å²) < 4.78 is 112. The Bertz CT molecular complexity index is 1450. The molecule has 16 N–H and O–H groups in total. The van der Waals surface area contributed by atoms with Gasteiger partial charge in [0.15, 0.2) is 0 Å². The summed E-state index contributed by atoms with van der Waals surface area (Å²) in [6.45, 7) is 21.2. The molecule has 0 fully saturated rings. The lowest BCUT2D eigenvalue weighted by Gasteiger charge is -2.27. The standard InChI is InChI=1S/C18H37N.C16H35N.C14H31N.C12H27N.C10H23N.C9H12F9N.C8H19N.C4H11N/c1-2-3-4-5-6-7-8-9-10-11-12-13-14-15-16-17-18-19;1-2-3-4-5-6-7-8-9-10-11-12-13-14-15-16-17;1-2-3-4-5-6-7-8-9-10-11-12-13-14-15;1-2-3-4-5-6-7-8-9-10-11-12-13;1-2-3-4-5-6-7-8-9-10-11;10-6(11,1-2-19)3-7(12,13)4-8(14,15)5-9(16,17)18;1-2-3-4-5-6-7-8-9;1-2-3-4-5/h9-10H,2-8,11-19H2,1H3;2-17H2,1H3;2-15H2,1H3;2-13H2,1H3;2-11H2,1H3;1-5,19H2;2-9H2,1H3;2-5H2,1H3/b10-9+;;;;;;;. The van der Waals surface area contributed by atoms with E-state index in [0.717, 1.165) is 45.8 Å². The first kappa shape index (κ1) is 122. The van der Waals surface area contributed by atoms with Crippen molar-refractivity contribution in [3.8, 4) is 0 Å². The first-order chi connectivity index (χ1) is 52.1. The van der Waals surface area contributed by atoms with Crippen LogP contribution >= 0.6 is 0 Å². The molecule has 0 unspecified atom stereocenters. The number of nitrogens with two attached hydrogens (primary N) is 8. The van der Waals surface area contributed by atoms with E-state index in [2.05, 4.69) is 60.6 Å². The number of alkyl halides is 9. The van der Waals surface area contributed by atoms with Crippen molar-refractivity contribution in [1.29, 1.82) is 0 Å². The molecule has 0 aromatic carbocycles. The maximum absolute atomic E-state index is 12.9. The topological polar surface area (TPSA) is 208 Å². The van der Waals surface area contributed by atoms with Gasteiger partial charge < -0.3 is 45.9 Å². The molecular formula is C91H195F9N8. The van der Waals surface area contributed by atoms with Crippen molar-refractivity contribution in [3.05, 3.63) is 12.2 Å². The molecule has 0 radical (unpaired) electrons. The highest BCUT2D eigenvalue weighted by Crippen LogP contribution is 2.43. The van der Waals surface area contributed by atoms with Crippen LogP contribution in [0.2, 0.25) is 0 Å². The predicted molar refractivity (Wildman–Crippen MR) is 465 cm³/mol. The summed E-state index contributed by atoms with van der Waals surface area (Å²) in [7, 11) is 0. The van der Waals surface area contributed by atoms with E-state index in [-0.39, 0.29) is 0 Å². The molecule has 0 heterocycles. The van der Waals surface area contributed by atoms with Gasteiger partial charge in [-0.25, -0.2) is 26.3 Å². The average molecular weight is 1570 g/mol. The van der Waals surface area contributed by atoms with E-state index in [0.29, 0.717) is 0 Å².